The van der Waals surface area contributed by atoms with Crippen molar-refractivity contribution in [1.82, 2.24) is 14.9 Å². The number of benzene rings is 1. The summed E-state index contributed by atoms with van der Waals surface area (Å²) in [6.45, 7) is 2.90. The second-order valence-corrected chi connectivity index (χ2v) is 8.50. The quantitative estimate of drug-likeness (QED) is 0.690. The monoisotopic (exact) mass is 417 g/mol. The molecule has 2 atom stereocenters. The number of hydrogen-bond acceptors (Lipinski definition) is 5. The summed E-state index contributed by atoms with van der Waals surface area (Å²) in [4.78, 5) is 24.6. The van der Waals surface area contributed by atoms with Gasteiger partial charge >= 0.3 is 0 Å². The molecule has 0 saturated carbocycles. The molecule has 0 aliphatic carbocycles. The molecule has 2 saturated heterocycles. The van der Waals surface area contributed by atoms with Crippen LogP contribution in [0.25, 0.3) is 10.8 Å². The van der Waals surface area contributed by atoms with Crippen LogP contribution in [0.1, 0.15) is 30.5 Å². The van der Waals surface area contributed by atoms with Gasteiger partial charge in [0, 0.05) is 42.5 Å². The molecule has 2 aromatic heterocycles. The standard InChI is InChI=1S/C24H24FN5O/c25-18-5-4-17-10-19(28-24(31)22(17)11-18)2-1-9-30-20-6-7-21(30)15-29(14-20)23-8-3-16(12-26)13-27-23/h3-5,8,10-11,13,20-21H,1-2,6-7,9,14-15H2,(H,28,31). The van der Waals surface area contributed by atoms with Crippen molar-refractivity contribution in [3.05, 3.63) is 70.0 Å². The lowest BCUT2D eigenvalue weighted by Gasteiger charge is -2.41. The average molecular weight is 417 g/mol. The topological polar surface area (TPSA) is 76.0 Å². The number of aromatic amines is 1. The molecule has 2 unspecified atom stereocenters. The minimum absolute atomic E-state index is 0.226. The number of piperazine rings is 1. The van der Waals surface area contributed by atoms with Crippen molar-refractivity contribution < 1.29 is 4.39 Å². The Morgan fingerprint density at radius 1 is 1.16 bits per heavy atom. The number of H-pyrrole nitrogens is 1. The molecule has 7 heteroatoms. The molecule has 0 amide bonds. The van der Waals surface area contributed by atoms with E-state index in [9.17, 15) is 9.18 Å². The van der Waals surface area contributed by atoms with Crippen LogP contribution in [-0.2, 0) is 6.42 Å². The molecule has 4 heterocycles. The summed E-state index contributed by atoms with van der Waals surface area (Å²) in [7, 11) is 0. The fraction of sp³-hybridized carbons (Fsp3) is 0.375. The maximum atomic E-state index is 13.4. The fourth-order valence-electron chi connectivity index (χ4n) is 5.06. The number of fused-ring (bicyclic) bond motifs is 3. The summed E-state index contributed by atoms with van der Waals surface area (Å²) >= 11 is 0. The molecule has 2 bridgehead atoms. The molecule has 1 N–H and O–H groups in total. The maximum absolute atomic E-state index is 13.4. The summed E-state index contributed by atoms with van der Waals surface area (Å²) in [5, 5.41) is 10.1. The number of rotatable bonds is 5. The lowest BCUT2D eigenvalue weighted by Crippen LogP contribution is -2.54. The van der Waals surface area contributed by atoms with Gasteiger partial charge in [-0.1, -0.05) is 6.07 Å². The zero-order valence-electron chi connectivity index (χ0n) is 17.2. The molecule has 3 aromatic rings. The molecule has 5 rings (SSSR count). The Kier molecular flexibility index (Phi) is 5.16. The number of aryl methyl sites for hydroxylation is 1. The highest BCUT2D eigenvalue weighted by atomic mass is 19.1. The van der Waals surface area contributed by atoms with Crippen LogP contribution in [0, 0.1) is 17.1 Å². The summed E-state index contributed by atoms with van der Waals surface area (Å²) in [6, 6.07) is 13.2. The zero-order chi connectivity index (χ0) is 21.4. The van der Waals surface area contributed by atoms with Crippen LogP contribution < -0.4 is 10.5 Å². The number of halogens is 1. The molecule has 2 aliphatic heterocycles. The highest BCUT2D eigenvalue weighted by molar-refractivity contribution is 5.81. The Labute approximate surface area is 179 Å². The van der Waals surface area contributed by atoms with E-state index in [-0.39, 0.29) is 5.56 Å². The van der Waals surface area contributed by atoms with Gasteiger partial charge in [0.25, 0.3) is 5.56 Å². The Morgan fingerprint density at radius 3 is 2.68 bits per heavy atom. The van der Waals surface area contributed by atoms with Crippen molar-refractivity contribution in [3.8, 4) is 6.07 Å². The third kappa shape index (κ3) is 3.91. The van der Waals surface area contributed by atoms with Gasteiger partial charge in [0.05, 0.1) is 5.56 Å². The molecule has 2 aliphatic rings. The van der Waals surface area contributed by atoms with Gasteiger partial charge in [-0.05, 0) is 67.9 Å². The van der Waals surface area contributed by atoms with Gasteiger partial charge in [0.15, 0.2) is 0 Å². The van der Waals surface area contributed by atoms with E-state index in [2.05, 4.69) is 25.8 Å². The largest absolute Gasteiger partial charge is 0.353 e. The first kappa shape index (κ1) is 19.7. The fourth-order valence-corrected chi connectivity index (χ4v) is 5.06. The summed E-state index contributed by atoms with van der Waals surface area (Å²) in [5.41, 5.74) is 1.26. The number of aromatic nitrogens is 2. The van der Waals surface area contributed by atoms with Crippen LogP contribution >= 0.6 is 0 Å². The normalized spacial score (nSPS) is 20.8. The Balaban J connectivity index is 1.21. The average Bonchev–Trinajstić information content (AvgIpc) is 3.01. The Hall–Kier alpha value is -3.24. The van der Waals surface area contributed by atoms with E-state index >= 15 is 0 Å². The SMILES string of the molecule is N#Cc1ccc(N2CC3CCC(C2)N3CCCc2cc3ccc(F)cc3c(=O)[nH]2)nc1. The third-order valence-corrected chi connectivity index (χ3v) is 6.56. The first-order valence-corrected chi connectivity index (χ1v) is 10.8. The number of anilines is 1. The van der Waals surface area contributed by atoms with Crippen molar-refractivity contribution in [2.24, 2.45) is 0 Å². The van der Waals surface area contributed by atoms with Crippen molar-refractivity contribution >= 4 is 16.6 Å². The van der Waals surface area contributed by atoms with Crippen LogP contribution in [0.5, 0.6) is 0 Å². The summed E-state index contributed by atoms with van der Waals surface area (Å²) in [5.74, 6) is 0.553. The van der Waals surface area contributed by atoms with E-state index in [1.807, 2.05) is 18.2 Å². The van der Waals surface area contributed by atoms with Crippen LogP contribution in [0.2, 0.25) is 0 Å². The molecular weight excluding hydrogens is 393 g/mol. The third-order valence-electron chi connectivity index (χ3n) is 6.56. The smallest absolute Gasteiger partial charge is 0.256 e. The highest BCUT2D eigenvalue weighted by Crippen LogP contribution is 2.32. The van der Waals surface area contributed by atoms with Gasteiger partial charge in [-0.2, -0.15) is 5.26 Å². The van der Waals surface area contributed by atoms with Crippen LogP contribution in [-0.4, -0.2) is 46.6 Å². The molecule has 6 nitrogen and oxygen atoms in total. The van der Waals surface area contributed by atoms with E-state index in [1.165, 1.54) is 25.0 Å². The van der Waals surface area contributed by atoms with E-state index in [0.29, 0.717) is 23.0 Å². The second-order valence-electron chi connectivity index (χ2n) is 8.50. The molecule has 0 radical (unpaired) electrons. The first-order chi connectivity index (χ1) is 15.1. The van der Waals surface area contributed by atoms with Crippen molar-refractivity contribution in [1.29, 1.82) is 5.26 Å². The van der Waals surface area contributed by atoms with Crippen LogP contribution in [0.15, 0.2) is 47.4 Å². The van der Waals surface area contributed by atoms with Crippen LogP contribution in [0.3, 0.4) is 0 Å². The van der Waals surface area contributed by atoms with Gasteiger partial charge in [0.2, 0.25) is 0 Å². The number of nitrogens with zero attached hydrogens (tertiary/aromatic N) is 4. The molecule has 2 fully saturated rings. The molecule has 31 heavy (non-hydrogen) atoms. The number of pyridine rings is 2. The maximum Gasteiger partial charge on any atom is 0.256 e. The number of hydrogen-bond donors (Lipinski definition) is 1. The minimum Gasteiger partial charge on any atom is -0.353 e. The molecule has 158 valence electrons. The van der Waals surface area contributed by atoms with Crippen molar-refractivity contribution in [3.63, 3.8) is 0 Å². The Morgan fingerprint density at radius 2 is 1.97 bits per heavy atom. The van der Waals surface area contributed by atoms with Crippen molar-refractivity contribution in [2.45, 2.75) is 37.8 Å². The summed E-state index contributed by atoms with van der Waals surface area (Å²) in [6.07, 6.45) is 5.78. The second kappa shape index (κ2) is 8.12. The molecule has 1 aromatic carbocycles. The van der Waals surface area contributed by atoms with Gasteiger partial charge in [-0.15, -0.1) is 0 Å². The zero-order valence-corrected chi connectivity index (χ0v) is 17.2. The van der Waals surface area contributed by atoms with E-state index in [4.69, 9.17) is 5.26 Å². The lowest BCUT2D eigenvalue weighted by molar-refractivity contribution is 0.167. The summed E-state index contributed by atoms with van der Waals surface area (Å²) < 4.78 is 13.4. The van der Waals surface area contributed by atoms with Crippen LogP contribution in [0.4, 0.5) is 10.2 Å². The predicted octanol–water partition coefficient (Wildman–Crippen LogP) is 3.22. The van der Waals surface area contributed by atoms with E-state index in [1.54, 1.807) is 12.3 Å². The number of nitriles is 1. The molecular formula is C24H24FN5O. The molecule has 0 spiro atoms. The van der Waals surface area contributed by atoms with Gasteiger partial charge < -0.3 is 9.88 Å². The van der Waals surface area contributed by atoms with Crippen molar-refractivity contribution in [2.75, 3.05) is 24.5 Å². The van der Waals surface area contributed by atoms with Gasteiger partial charge in [0.1, 0.15) is 17.7 Å². The minimum atomic E-state index is -0.392. The highest BCUT2D eigenvalue weighted by Gasteiger charge is 2.39. The van der Waals surface area contributed by atoms with Gasteiger partial charge in [-0.25, -0.2) is 9.37 Å². The first-order valence-electron chi connectivity index (χ1n) is 10.8. The van der Waals surface area contributed by atoms with E-state index < -0.39 is 5.82 Å². The van der Waals surface area contributed by atoms with Gasteiger partial charge in [-0.3, -0.25) is 9.69 Å². The lowest BCUT2D eigenvalue weighted by atomic mass is 10.1. The predicted molar refractivity (Wildman–Crippen MR) is 118 cm³/mol. The number of nitrogens with one attached hydrogen (secondary N) is 1. The van der Waals surface area contributed by atoms with E-state index in [0.717, 1.165) is 49.4 Å². The Bertz CT molecular complexity index is 1190.